The topological polar surface area (TPSA) is 9.23 Å². The average molecular weight is 191 g/mol. The molecule has 0 bridgehead atoms. The van der Waals surface area contributed by atoms with E-state index in [-0.39, 0.29) is 0 Å². The molecule has 0 saturated carbocycles. The van der Waals surface area contributed by atoms with Gasteiger partial charge in [0, 0.05) is 0 Å². The minimum Gasteiger partial charge on any atom is -0.496 e. The van der Waals surface area contributed by atoms with Crippen LogP contribution in [0.2, 0.25) is 0 Å². The molecule has 1 aromatic rings. The summed E-state index contributed by atoms with van der Waals surface area (Å²) in [4.78, 5) is 0. The van der Waals surface area contributed by atoms with Gasteiger partial charge in [-0.15, -0.1) is 0 Å². The summed E-state index contributed by atoms with van der Waals surface area (Å²) in [6.45, 7) is 6.45. The molecule has 1 radical (unpaired) electrons. The zero-order valence-corrected chi connectivity index (χ0v) is 9.61. The highest BCUT2D eigenvalue weighted by atomic mass is 16.5. The highest BCUT2D eigenvalue weighted by Gasteiger charge is 2.09. The van der Waals surface area contributed by atoms with Gasteiger partial charge in [0.05, 0.1) is 7.11 Å². The second-order valence-electron chi connectivity index (χ2n) is 3.55. The number of methoxy groups -OCH3 is 1. The standard InChI is InChI=1S/C13H19O/c1-5-7-12-10(3)8-9-11(6-2)13(12)14-4/h9H,5-7H2,1-4H3. The highest BCUT2D eigenvalue weighted by Crippen LogP contribution is 2.28. The highest BCUT2D eigenvalue weighted by molar-refractivity contribution is 5.45. The summed E-state index contributed by atoms with van der Waals surface area (Å²) in [5, 5.41) is 0. The summed E-state index contributed by atoms with van der Waals surface area (Å²) < 4.78 is 5.48. The first kappa shape index (κ1) is 11.1. The van der Waals surface area contributed by atoms with Crippen LogP contribution in [0.4, 0.5) is 0 Å². The predicted octanol–water partition coefficient (Wildman–Crippen LogP) is 3.32. The van der Waals surface area contributed by atoms with Crippen molar-refractivity contribution in [3.63, 3.8) is 0 Å². The van der Waals surface area contributed by atoms with Crippen molar-refractivity contribution in [3.05, 3.63) is 28.8 Å². The van der Waals surface area contributed by atoms with E-state index in [9.17, 15) is 0 Å². The molecule has 1 nitrogen and oxygen atoms in total. The van der Waals surface area contributed by atoms with Crippen molar-refractivity contribution in [3.8, 4) is 5.75 Å². The zero-order chi connectivity index (χ0) is 10.6. The molecule has 0 spiro atoms. The molecule has 0 aliphatic rings. The lowest BCUT2D eigenvalue weighted by Gasteiger charge is -2.14. The first-order valence-corrected chi connectivity index (χ1v) is 5.31. The third-order valence-corrected chi connectivity index (χ3v) is 2.57. The normalized spacial score (nSPS) is 10.3. The minimum atomic E-state index is 1.01. The van der Waals surface area contributed by atoms with Gasteiger partial charge < -0.3 is 4.74 Å². The number of hydrogen-bond acceptors (Lipinski definition) is 1. The van der Waals surface area contributed by atoms with Gasteiger partial charge in [0.1, 0.15) is 5.75 Å². The number of aryl methyl sites for hydroxylation is 2. The maximum Gasteiger partial charge on any atom is 0.125 e. The third kappa shape index (κ3) is 2.09. The van der Waals surface area contributed by atoms with Crippen LogP contribution in [0.3, 0.4) is 0 Å². The second-order valence-corrected chi connectivity index (χ2v) is 3.55. The van der Waals surface area contributed by atoms with Gasteiger partial charge in [-0.25, -0.2) is 0 Å². The van der Waals surface area contributed by atoms with E-state index in [1.54, 1.807) is 7.11 Å². The fraction of sp³-hybridized carbons (Fsp3) is 0.538. The van der Waals surface area contributed by atoms with E-state index in [0.717, 1.165) is 25.0 Å². The van der Waals surface area contributed by atoms with Crippen LogP contribution in [0.5, 0.6) is 5.75 Å². The lowest BCUT2D eigenvalue weighted by atomic mass is 9.98. The summed E-state index contributed by atoms with van der Waals surface area (Å²) in [6, 6.07) is 5.35. The van der Waals surface area contributed by atoms with Gasteiger partial charge in [-0.2, -0.15) is 0 Å². The van der Waals surface area contributed by atoms with E-state index in [1.807, 2.05) is 6.07 Å². The fourth-order valence-electron chi connectivity index (χ4n) is 1.78. The van der Waals surface area contributed by atoms with Crippen molar-refractivity contribution < 1.29 is 4.74 Å². The van der Waals surface area contributed by atoms with E-state index in [2.05, 4.69) is 26.8 Å². The molecule has 0 unspecified atom stereocenters. The van der Waals surface area contributed by atoms with Gasteiger partial charge >= 0.3 is 0 Å². The molecular weight excluding hydrogens is 172 g/mol. The Kier molecular flexibility index (Phi) is 3.99. The molecule has 1 heteroatoms. The number of hydrogen-bond donors (Lipinski definition) is 0. The van der Waals surface area contributed by atoms with E-state index in [4.69, 9.17) is 4.74 Å². The van der Waals surface area contributed by atoms with Crippen LogP contribution in [0.25, 0.3) is 0 Å². The van der Waals surface area contributed by atoms with Gasteiger partial charge in [-0.05, 0) is 48.6 Å². The lowest BCUT2D eigenvalue weighted by molar-refractivity contribution is 0.404. The van der Waals surface area contributed by atoms with Crippen LogP contribution < -0.4 is 4.74 Å². The smallest absolute Gasteiger partial charge is 0.125 e. The Bertz CT molecular complexity index is 302. The summed E-state index contributed by atoms with van der Waals surface area (Å²) in [5.74, 6) is 1.07. The Labute approximate surface area is 87.1 Å². The molecule has 0 N–H and O–H groups in total. The van der Waals surface area contributed by atoms with E-state index < -0.39 is 0 Å². The molecular formula is C13H19O. The van der Waals surface area contributed by atoms with E-state index in [1.165, 1.54) is 16.7 Å². The SMILES string of the molecule is CCCc1c(C)[c]cc(CC)c1OC. The van der Waals surface area contributed by atoms with Crippen molar-refractivity contribution >= 4 is 0 Å². The van der Waals surface area contributed by atoms with Crippen LogP contribution in [0.1, 0.15) is 37.0 Å². The number of benzene rings is 1. The molecule has 0 heterocycles. The van der Waals surface area contributed by atoms with Gasteiger partial charge in [0.15, 0.2) is 0 Å². The molecule has 0 amide bonds. The molecule has 0 aromatic heterocycles. The molecule has 0 saturated heterocycles. The van der Waals surface area contributed by atoms with Crippen molar-refractivity contribution in [1.82, 2.24) is 0 Å². The van der Waals surface area contributed by atoms with Crippen LogP contribution >= 0.6 is 0 Å². The zero-order valence-electron chi connectivity index (χ0n) is 9.61. The van der Waals surface area contributed by atoms with Crippen LogP contribution in [-0.2, 0) is 12.8 Å². The average Bonchev–Trinajstić information content (AvgIpc) is 2.21. The van der Waals surface area contributed by atoms with Crippen molar-refractivity contribution in [2.45, 2.75) is 40.0 Å². The Morgan fingerprint density at radius 2 is 2.07 bits per heavy atom. The molecule has 0 aliphatic carbocycles. The fourth-order valence-corrected chi connectivity index (χ4v) is 1.78. The molecule has 0 aliphatic heterocycles. The van der Waals surface area contributed by atoms with Crippen LogP contribution in [0.15, 0.2) is 6.07 Å². The van der Waals surface area contributed by atoms with Crippen LogP contribution in [-0.4, -0.2) is 7.11 Å². The molecule has 14 heavy (non-hydrogen) atoms. The van der Waals surface area contributed by atoms with Crippen molar-refractivity contribution in [1.29, 1.82) is 0 Å². The van der Waals surface area contributed by atoms with E-state index >= 15 is 0 Å². The third-order valence-electron chi connectivity index (χ3n) is 2.57. The van der Waals surface area contributed by atoms with Crippen LogP contribution in [0, 0.1) is 13.0 Å². The molecule has 1 rings (SSSR count). The number of rotatable bonds is 4. The van der Waals surface area contributed by atoms with Crippen molar-refractivity contribution in [2.24, 2.45) is 0 Å². The lowest BCUT2D eigenvalue weighted by Crippen LogP contribution is -1.99. The van der Waals surface area contributed by atoms with Gasteiger partial charge in [-0.1, -0.05) is 20.3 Å². The summed E-state index contributed by atoms with van der Waals surface area (Å²) >= 11 is 0. The Morgan fingerprint density at radius 3 is 2.57 bits per heavy atom. The monoisotopic (exact) mass is 191 g/mol. The number of ether oxygens (including phenoxy) is 1. The van der Waals surface area contributed by atoms with Gasteiger partial charge in [0.25, 0.3) is 0 Å². The first-order valence-electron chi connectivity index (χ1n) is 5.31. The molecule has 1 aromatic carbocycles. The van der Waals surface area contributed by atoms with Gasteiger partial charge in [0.2, 0.25) is 0 Å². The molecule has 0 fully saturated rings. The summed E-state index contributed by atoms with van der Waals surface area (Å²) in [6.07, 6.45) is 3.24. The maximum absolute atomic E-state index is 5.48. The largest absolute Gasteiger partial charge is 0.496 e. The second kappa shape index (κ2) is 5.04. The van der Waals surface area contributed by atoms with Crippen molar-refractivity contribution in [2.75, 3.05) is 7.11 Å². The predicted molar refractivity (Wildman–Crippen MR) is 59.9 cm³/mol. The van der Waals surface area contributed by atoms with E-state index in [0.29, 0.717) is 0 Å². The quantitative estimate of drug-likeness (QED) is 0.709. The summed E-state index contributed by atoms with van der Waals surface area (Å²) in [7, 11) is 1.76. The molecule has 0 atom stereocenters. The Hall–Kier alpha value is -0.980. The summed E-state index contributed by atoms with van der Waals surface area (Å²) in [5.41, 5.74) is 3.82. The Balaban J connectivity index is 3.20. The minimum absolute atomic E-state index is 1.01. The first-order chi connectivity index (χ1) is 6.74. The maximum atomic E-state index is 5.48. The Morgan fingerprint density at radius 1 is 1.36 bits per heavy atom. The van der Waals surface area contributed by atoms with Gasteiger partial charge in [-0.3, -0.25) is 0 Å². The molecule has 77 valence electrons.